The van der Waals surface area contributed by atoms with E-state index < -0.39 is 0 Å². The molecule has 6 heteroatoms. The van der Waals surface area contributed by atoms with Gasteiger partial charge in [0.1, 0.15) is 8.85 Å². The largest absolute Gasteiger partial charge is 0.381 e. The maximum absolute atomic E-state index is 9.60. The summed E-state index contributed by atoms with van der Waals surface area (Å²) in [4.78, 5) is 0. The Labute approximate surface area is 96.0 Å². The summed E-state index contributed by atoms with van der Waals surface area (Å²) >= 11 is 14.2. The second kappa shape index (κ2) is 3.70. The lowest BCUT2D eigenvalue weighted by Crippen LogP contribution is -2.29. The van der Waals surface area contributed by atoms with E-state index >= 15 is 0 Å². The van der Waals surface area contributed by atoms with Crippen LogP contribution >= 0.6 is 60.5 Å². The molecule has 0 saturated carbocycles. The normalized spacial score (nSPS) is 48.2. The van der Waals surface area contributed by atoms with Crippen molar-refractivity contribution in [2.75, 3.05) is 11.5 Å². The predicted molar refractivity (Wildman–Crippen MR) is 66.8 cm³/mol. The molecule has 2 fully saturated rings. The highest BCUT2D eigenvalue weighted by atomic mass is 32.3. The van der Waals surface area contributed by atoms with Crippen molar-refractivity contribution in [1.82, 2.24) is 0 Å². The zero-order valence-corrected chi connectivity index (χ0v) is 10.5. The molecular weight excluding hydrogens is 248 g/mol. The molecule has 0 aromatic heterocycles. The van der Waals surface area contributed by atoms with E-state index in [-0.39, 0.29) is 14.1 Å². The third-order valence-electron chi connectivity index (χ3n) is 1.95. The molecule has 1 nitrogen and oxygen atoms in total. The lowest BCUT2D eigenvalue weighted by atomic mass is 10.5. The summed E-state index contributed by atoms with van der Waals surface area (Å²) in [5, 5.41) is 10.3. The van der Waals surface area contributed by atoms with Crippen LogP contribution in [0.5, 0.6) is 0 Å². The Balaban J connectivity index is 2.12. The highest BCUT2D eigenvalue weighted by molar-refractivity contribution is 8.39. The topological polar surface area (TPSA) is 20.2 Å². The second-order valence-corrected chi connectivity index (χ2v) is 8.66. The Hall–Kier alpha value is 1.71. The average Bonchev–Trinajstić information content (AvgIpc) is 2.60. The minimum atomic E-state index is -0.189. The van der Waals surface area contributed by atoms with Gasteiger partial charge in [0.15, 0.2) is 0 Å². The molecule has 70 valence electrons. The average molecular weight is 258 g/mol. The van der Waals surface area contributed by atoms with Gasteiger partial charge in [-0.1, -0.05) is 11.8 Å². The Bertz CT molecular complexity index is 185. The maximum atomic E-state index is 9.60. The van der Waals surface area contributed by atoms with Crippen LogP contribution in [0.4, 0.5) is 0 Å². The minimum Gasteiger partial charge on any atom is -0.381 e. The van der Waals surface area contributed by atoms with E-state index in [2.05, 4.69) is 25.3 Å². The second-order valence-electron chi connectivity index (χ2n) is 2.78. The Morgan fingerprint density at radius 2 is 2.33 bits per heavy atom. The summed E-state index contributed by atoms with van der Waals surface area (Å²) in [5.74, 6) is 1.83. The van der Waals surface area contributed by atoms with Gasteiger partial charge in [-0.3, -0.25) is 0 Å². The van der Waals surface area contributed by atoms with Gasteiger partial charge in [-0.05, 0) is 0 Å². The molecule has 2 rings (SSSR count). The lowest BCUT2D eigenvalue weighted by molar-refractivity contribution is 0.267. The molecule has 0 aliphatic carbocycles. The van der Waals surface area contributed by atoms with E-state index in [0.717, 1.165) is 11.5 Å². The van der Waals surface area contributed by atoms with Crippen LogP contribution in [-0.4, -0.2) is 36.0 Å². The molecular formula is C6H10OS5. The van der Waals surface area contributed by atoms with Crippen LogP contribution in [-0.2, 0) is 0 Å². The summed E-state index contributed by atoms with van der Waals surface area (Å²) in [5.41, 5.74) is -0.189. The number of thioether (sulfide) groups is 3. The summed E-state index contributed by atoms with van der Waals surface area (Å²) in [6, 6.07) is 0. The summed E-state index contributed by atoms with van der Waals surface area (Å²) in [7, 11) is 0. The van der Waals surface area contributed by atoms with Crippen LogP contribution in [0, 0.1) is 0 Å². The van der Waals surface area contributed by atoms with Crippen molar-refractivity contribution in [1.29, 1.82) is 0 Å². The number of hydrogen-bond acceptors (Lipinski definition) is 6. The van der Waals surface area contributed by atoms with Gasteiger partial charge in [-0.15, -0.1) is 23.5 Å². The van der Waals surface area contributed by atoms with Crippen LogP contribution < -0.4 is 0 Å². The smallest absolute Gasteiger partial charge is 0.122 e. The predicted octanol–water partition coefficient (Wildman–Crippen LogP) is 1.78. The van der Waals surface area contributed by atoms with Gasteiger partial charge in [-0.25, -0.2) is 0 Å². The Morgan fingerprint density at radius 3 is 2.75 bits per heavy atom. The van der Waals surface area contributed by atoms with Crippen LogP contribution in [0.15, 0.2) is 0 Å². The van der Waals surface area contributed by atoms with Crippen molar-refractivity contribution in [2.45, 2.75) is 19.3 Å². The molecule has 4 atom stereocenters. The van der Waals surface area contributed by atoms with Crippen molar-refractivity contribution >= 4 is 60.5 Å². The first-order valence-corrected chi connectivity index (χ1v) is 7.54. The zero-order chi connectivity index (χ0) is 8.77. The first-order valence-electron chi connectivity index (χ1n) is 3.64. The van der Waals surface area contributed by atoms with Gasteiger partial charge in [0, 0.05) is 16.8 Å². The third kappa shape index (κ3) is 1.52. The van der Waals surface area contributed by atoms with E-state index in [1.807, 2.05) is 23.5 Å². The van der Waals surface area contributed by atoms with Gasteiger partial charge < -0.3 is 5.11 Å². The molecule has 0 amide bonds. The van der Waals surface area contributed by atoms with Gasteiger partial charge in [0.25, 0.3) is 0 Å². The summed E-state index contributed by atoms with van der Waals surface area (Å²) < 4.78 is 0.0783. The summed E-state index contributed by atoms with van der Waals surface area (Å²) in [6.45, 7) is 0. The number of fused-ring (bicyclic) bond motifs is 2. The lowest BCUT2D eigenvalue weighted by Gasteiger charge is -2.29. The van der Waals surface area contributed by atoms with Gasteiger partial charge in [-0.2, -0.15) is 25.3 Å². The Kier molecular flexibility index (Phi) is 3.15. The fourth-order valence-electron chi connectivity index (χ4n) is 1.29. The minimum absolute atomic E-state index is 0.0783. The number of hydrogen-bond donors (Lipinski definition) is 3. The van der Waals surface area contributed by atoms with E-state index in [0.29, 0.717) is 5.25 Å². The highest BCUT2D eigenvalue weighted by Crippen LogP contribution is 2.66. The first kappa shape index (κ1) is 10.2. The molecule has 2 aliphatic rings. The third-order valence-corrected chi connectivity index (χ3v) is 9.68. The van der Waals surface area contributed by atoms with E-state index in [4.69, 9.17) is 0 Å². The van der Waals surface area contributed by atoms with Crippen molar-refractivity contribution in [2.24, 2.45) is 0 Å². The number of aliphatic hydroxyl groups excluding tert-OH is 1. The van der Waals surface area contributed by atoms with E-state index in [1.165, 1.54) is 0 Å². The van der Waals surface area contributed by atoms with Crippen molar-refractivity contribution in [3.8, 4) is 0 Å². The molecule has 0 aromatic rings. The standard InChI is InChI=1S/C6H10OS5/c7-5-3-2-10-6(11-3,12-5)4(9)1-8/h3-5,7-9H,1-2H2. The highest BCUT2D eigenvalue weighted by Gasteiger charge is 2.55. The summed E-state index contributed by atoms with van der Waals surface area (Å²) in [6.07, 6.45) is 0. The zero-order valence-electron chi connectivity index (χ0n) is 6.21. The number of thiol groups is 2. The van der Waals surface area contributed by atoms with E-state index in [1.54, 1.807) is 11.8 Å². The molecule has 2 heterocycles. The maximum Gasteiger partial charge on any atom is 0.122 e. The molecule has 0 radical (unpaired) electrons. The van der Waals surface area contributed by atoms with Crippen molar-refractivity contribution in [3.05, 3.63) is 0 Å². The molecule has 2 bridgehead atoms. The first-order chi connectivity index (χ1) is 5.68. The van der Waals surface area contributed by atoms with Gasteiger partial charge in [0.05, 0.1) is 5.25 Å². The molecule has 1 N–H and O–H groups in total. The molecule has 12 heavy (non-hydrogen) atoms. The van der Waals surface area contributed by atoms with Crippen LogP contribution in [0.25, 0.3) is 0 Å². The number of aliphatic hydroxyl groups is 1. The van der Waals surface area contributed by atoms with Gasteiger partial charge in [0.2, 0.25) is 0 Å². The van der Waals surface area contributed by atoms with Crippen LogP contribution in [0.1, 0.15) is 0 Å². The molecule has 2 aliphatic heterocycles. The van der Waals surface area contributed by atoms with Crippen LogP contribution in [0.3, 0.4) is 0 Å². The molecule has 4 unspecified atom stereocenters. The fraction of sp³-hybridized carbons (Fsp3) is 1.00. The van der Waals surface area contributed by atoms with Crippen molar-refractivity contribution in [3.63, 3.8) is 0 Å². The quantitative estimate of drug-likeness (QED) is 0.656. The van der Waals surface area contributed by atoms with Crippen LogP contribution in [0.2, 0.25) is 0 Å². The van der Waals surface area contributed by atoms with Crippen molar-refractivity contribution < 1.29 is 5.11 Å². The number of rotatable bonds is 2. The SMILES string of the molecule is OC1SC2(C(S)CS)SCC1S2. The molecule has 0 aromatic carbocycles. The fourth-order valence-corrected chi connectivity index (χ4v) is 8.42. The monoisotopic (exact) mass is 258 g/mol. The molecule has 0 spiro atoms. The van der Waals surface area contributed by atoms with Gasteiger partial charge >= 0.3 is 0 Å². The molecule has 2 saturated heterocycles. The van der Waals surface area contributed by atoms with E-state index in [9.17, 15) is 5.11 Å². The Morgan fingerprint density at radius 1 is 1.58 bits per heavy atom.